The van der Waals surface area contributed by atoms with Crippen LogP contribution in [0.4, 0.5) is 0 Å². The molecule has 1 nitrogen and oxygen atoms in total. The quantitative estimate of drug-likeness (QED) is 0.547. The van der Waals surface area contributed by atoms with E-state index in [1.54, 1.807) is 11.1 Å². The minimum absolute atomic E-state index is 0. The van der Waals surface area contributed by atoms with Crippen molar-refractivity contribution in [1.82, 2.24) is 0 Å². The van der Waals surface area contributed by atoms with Crippen LogP contribution in [-0.2, 0) is 26.5 Å². The van der Waals surface area contributed by atoms with E-state index in [2.05, 4.69) is 19.1 Å². The van der Waals surface area contributed by atoms with Gasteiger partial charge in [-0.05, 0) is 0 Å². The normalized spacial score (nSPS) is 22.6. The topological polar surface area (TPSA) is 9.23 Å². The smallest absolute Gasteiger partial charge is 1.00 e. The van der Waals surface area contributed by atoms with Crippen LogP contribution in [0.5, 0.6) is 0 Å². The molecule has 15 heavy (non-hydrogen) atoms. The summed E-state index contributed by atoms with van der Waals surface area (Å²) in [5, 5.41) is 0. The molecule has 0 N–H and O–H groups in total. The molecule has 0 saturated heterocycles. The standard InChI is InChI=1S/C9H11.C2H5O.2ClH.Zr/c1-2-5-9-7-3-6-8(9)4-1;1-2-3;;;/h3,6-7H,1-2,4-5H2;2H2,1H3;2*1H;/q;-1;;;+3/p-2. The van der Waals surface area contributed by atoms with Crippen molar-refractivity contribution >= 4 is 0 Å². The summed E-state index contributed by atoms with van der Waals surface area (Å²) in [5.74, 6) is 0. The molecule has 2 aliphatic carbocycles. The van der Waals surface area contributed by atoms with Crippen LogP contribution in [0.3, 0.4) is 0 Å². The fourth-order valence-corrected chi connectivity index (χ4v) is 4.55. The fourth-order valence-electron chi connectivity index (χ4n) is 2.11. The van der Waals surface area contributed by atoms with Gasteiger partial charge in [-0.1, -0.05) is 0 Å². The van der Waals surface area contributed by atoms with E-state index < -0.39 is 23.7 Å². The van der Waals surface area contributed by atoms with Gasteiger partial charge >= 0.3 is 92.6 Å². The summed E-state index contributed by atoms with van der Waals surface area (Å²) in [6.45, 7) is 3.02. The first-order chi connectivity index (χ1) is 6.42. The Labute approximate surface area is 117 Å². The van der Waals surface area contributed by atoms with Gasteiger partial charge < -0.3 is 24.8 Å². The van der Waals surface area contributed by atoms with Crippen LogP contribution in [0.1, 0.15) is 32.6 Å². The van der Waals surface area contributed by atoms with Crippen LogP contribution in [-0.4, -0.2) is 6.61 Å². The molecule has 0 aromatic heterocycles. The van der Waals surface area contributed by atoms with Gasteiger partial charge in [-0.2, -0.15) is 0 Å². The molecule has 0 aromatic carbocycles. The Morgan fingerprint density at radius 3 is 2.80 bits per heavy atom. The molecule has 0 fully saturated rings. The maximum atomic E-state index is 5.65. The van der Waals surface area contributed by atoms with Gasteiger partial charge in [0.25, 0.3) is 0 Å². The third kappa shape index (κ3) is 4.00. The molecule has 2 rings (SSSR count). The Bertz CT molecular complexity index is 251. The molecule has 1 unspecified atom stereocenters. The molecule has 84 valence electrons. The predicted octanol–water partition coefficient (Wildman–Crippen LogP) is -2.74. The van der Waals surface area contributed by atoms with Gasteiger partial charge in [0.05, 0.1) is 0 Å². The molecular formula is C11H16Cl2OZr. The summed E-state index contributed by atoms with van der Waals surface area (Å²) in [6.07, 6.45) is 10.2. The van der Waals surface area contributed by atoms with E-state index in [0.29, 0.717) is 0 Å². The average Bonchev–Trinajstić information content (AvgIpc) is 2.58. The van der Waals surface area contributed by atoms with E-state index in [0.717, 1.165) is 10.2 Å². The first kappa shape index (κ1) is 15.9. The van der Waals surface area contributed by atoms with Crippen molar-refractivity contribution in [2.24, 2.45) is 0 Å². The van der Waals surface area contributed by atoms with Gasteiger partial charge in [-0.25, -0.2) is 0 Å². The van der Waals surface area contributed by atoms with Crippen molar-refractivity contribution in [2.45, 2.75) is 36.2 Å². The van der Waals surface area contributed by atoms with E-state index in [9.17, 15) is 0 Å². The zero-order valence-corrected chi connectivity index (χ0v) is 12.9. The van der Waals surface area contributed by atoms with Crippen molar-refractivity contribution in [3.63, 3.8) is 0 Å². The molecule has 2 aliphatic rings. The minimum atomic E-state index is -0.595. The van der Waals surface area contributed by atoms with Crippen LogP contribution >= 0.6 is 0 Å². The van der Waals surface area contributed by atoms with Crippen LogP contribution in [0, 0.1) is 0 Å². The molecule has 0 bridgehead atoms. The van der Waals surface area contributed by atoms with E-state index in [1.165, 1.54) is 25.7 Å². The number of rotatable bonds is 3. The SMILES string of the molecule is CC[O][Zr+2][CH]1C=CC2=C1CCCC2.[Cl-].[Cl-]. The molecule has 4 heteroatoms. The summed E-state index contributed by atoms with van der Waals surface area (Å²) in [6, 6.07) is 0. The predicted molar refractivity (Wildman–Crippen MR) is 50.0 cm³/mol. The van der Waals surface area contributed by atoms with Crippen LogP contribution < -0.4 is 24.8 Å². The number of hydrogen-bond acceptors (Lipinski definition) is 1. The molecule has 0 saturated carbocycles. The van der Waals surface area contributed by atoms with Crippen LogP contribution in [0.2, 0.25) is 3.63 Å². The zero-order chi connectivity index (χ0) is 9.10. The summed E-state index contributed by atoms with van der Waals surface area (Å²) in [7, 11) is 0. The van der Waals surface area contributed by atoms with Gasteiger partial charge in [0.15, 0.2) is 0 Å². The zero-order valence-electron chi connectivity index (χ0n) is 8.93. The third-order valence-corrected chi connectivity index (χ3v) is 5.85. The first-order valence-corrected chi connectivity index (χ1v) is 7.61. The van der Waals surface area contributed by atoms with E-state index in [4.69, 9.17) is 2.81 Å². The summed E-state index contributed by atoms with van der Waals surface area (Å²) < 4.78 is 6.43. The Hall–Kier alpha value is 0.903. The van der Waals surface area contributed by atoms with Gasteiger partial charge in [-0.15, -0.1) is 0 Å². The van der Waals surface area contributed by atoms with Crippen molar-refractivity contribution in [2.75, 3.05) is 6.61 Å². The van der Waals surface area contributed by atoms with Crippen LogP contribution in [0.25, 0.3) is 0 Å². The molecule has 0 aliphatic heterocycles. The number of hydrogen-bond donors (Lipinski definition) is 0. The Balaban J connectivity index is 0.000000980. The Kier molecular flexibility index (Phi) is 8.55. The summed E-state index contributed by atoms with van der Waals surface area (Å²) >= 11 is -0.595. The van der Waals surface area contributed by atoms with Gasteiger partial charge in [0.1, 0.15) is 0 Å². The monoisotopic (exact) mass is 324 g/mol. The number of halogens is 2. The van der Waals surface area contributed by atoms with Gasteiger partial charge in [0.2, 0.25) is 0 Å². The second-order valence-corrected chi connectivity index (χ2v) is 6.46. The van der Waals surface area contributed by atoms with Crippen molar-refractivity contribution in [3.05, 3.63) is 23.3 Å². The summed E-state index contributed by atoms with van der Waals surface area (Å²) in [4.78, 5) is 0. The minimum Gasteiger partial charge on any atom is -1.00 e. The molecule has 0 heterocycles. The van der Waals surface area contributed by atoms with Crippen molar-refractivity contribution < 1.29 is 51.3 Å². The third-order valence-electron chi connectivity index (χ3n) is 2.77. The Morgan fingerprint density at radius 1 is 1.33 bits per heavy atom. The van der Waals surface area contributed by atoms with Gasteiger partial charge in [0, 0.05) is 0 Å². The van der Waals surface area contributed by atoms with E-state index in [1.807, 2.05) is 0 Å². The average molecular weight is 326 g/mol. The fraction of sp³-hybridized carbons (Fsp3) is 0.636. The molecule has 0 amide bonds. The molecular weight excluding hydrogens is 310 g/mol. The second kappa shape index (κ2) is 8.06. The molecule has 0 aromatic rings. The Morgan fingerprint density at radius 2 is 2.07 bits per heavy atom. The van der Waals surface area contributed by atoms with Crippen LogP contribution in [0.15, 0.2) is 23.3 Å². The van der Waals surface area contributed by atoms with Crippen molar-refractivity contribution in [1.29, 1.82) is 0 Å². The number of allylic oxidation sites excluding steroid dienone is 4. The molecule has 1 atom stereocenters. The maximum absolute atomic E-state index is 5.65. The first-order valence-electron chi connectivity index (χ1n) is 5.19. The summed E-state index contributed by atoms with van der Waals surface area (Å²) in [5.41, 5.74) is 3.39. The second-order valence-electron chi connectivity index (χ2n) is 3.65. The maximum Gasteiger partial charge on any atom is -1.00 e. The van der Waals surface area contributed by atoms with Crippen molar-refractivity contribution in [3.8, 4) is 0 Å². The van der Waals surface area contributed by atoms with E-state index in [-0.39, 0.29) is 24.8 Å². The molecule has 0 radical (unpaired) electrons. The largest absolute Gasteiger partial charge is 1.00 e. The van der Waals surface area contributed by atoms with Gasteiger partial charge in [-0.3, -0.25) is 0 Å². The molecule has 0 spiro atoms. The van der Waals surface area contributed by atoms with E-state index >= 15 is 0 Å².